The predicted octanol–water partition coefficient (Wildman–Crippen LogP) is 2.28. The first kappa shape index (κ1) is 14.2. The average Bonchev–Trinajstić information content (AvgIpc) is 2.74. The molecular formula is C13H25N3O. The van der Waals surface area contributed by atoms with Gasteiger partial charge >= 0.3 is 0 Å². The minimum atomic E-state index is 0.346. The highest BCUT2D eigenvalue weighted by molar-refractivity contribution is 5.04. The lowest BCUT2D eigenvalue weighted by molar-refractivity contribution is 0.128. The van der Waals surface area contributed by atoms with E-state index in [1.807, 2.05) is 17.9 Å². The number of hydrogen-bond donors (Lipinski definition) is 1. The lowest BCUT2D eigenvalue weighted by Gasteiger charge is -2.14. The minimum Gasteiger partial charge on any atom is -0.381 e. The highest BCUT2D eigenvalue weighted by atomic mass is 16.5. The third-order valence-electron chi connectivity index (χ3n) is 2.86. The molecular weight excluding hydrogens is 214 g/mol. The number of ether oxygens (including phenoxy) is 1. The average molecular weight is 239 g/mol. The smallest absolute Gasteiger partial charge is 0.0547 e. The molecule has 0 saturated heterocycles. The molecule has 17 heavy (non-hydrogen) atoms. The molecule has 1 aromatic rings. The highest BCUT2D eigenvalue weighted by Gasteiger charge is 2.07. The van der Waals surface area contributed by atoms with Crippen LogP contribution < -0.4 is 5.32 Å². The molecule has 4 heteroatoms. The van der Waals surface area contributed by atoms with E-state index < -0.39 is 0 Å². The molecule has 0 aliphatic heterocycles. The second-order valence-corrected chi connectivity index (χ2v) is 4.37. The molecule has 1 unspecified atom stereocenters. The molecule has 98 valence electrons. The summed E-state index contributed by atoms with van der Waals surface area (Å²) in [6, 6.07) is 2.40. The van der Waals surface area contributed by atoms with Gasteiger partial charge in [-0.05, 0) is 32.4 Å². The number of aromatic nitrogens is 2. The number of nitrogens with zero attached hydrogens (tertiary/aromatic N) is 2. The predicted molar refractivity (Wildman–Crippen MR) is 70.0 cm³/mol. The van der Waals surface area contributed by atoms with E-state index in [1.165, 1.54) is 18.5 Å². The summed E-state index contributed by atoms with van der Waals surface area (Å²) in [7, 11) is 1.97. The van der Waals surface area contributed by atoms with Crippen molar-refractivity contribution in [1.29, 1.82) is 0 Å². The third-order valence-corrected chi connectivity index (χ3v) is 2.86. The molecule has 0 amide bonds. The SMILES string of the molecule is CCCCOCCCNC(C)c1ccnn1C. The fourth-order valence-electron chi connectivity index (χ4n) is 1.75. The van der Waals surface area contributed by atoms with E-state index in [1.54, 1.807) is 0 Å². The maximum absolute atomic E-state index is 5.51. The third kappa shape index (κ3) is 5.33. The van der Waals surface area contributed by atoms with Crippen molar-refractivity contribution in [3.8, 4) is 0 Å². The minimum absolute atomic E-state index is 0.346. The summed E-state index contributed by atoms with van der Waals surface area (Å²) in [5.74, 6) is 0. The molecule has 0 saturated carbocycles. The molecule has 1 rings (SSSR count). The van der Waals surface area contributed by atoms with E-state index in [0.717, 1.165) is 26.2 Å². The summed E-state index contributed by atoms with van der Waals surface area (Å²) in [4.78, 5) is 0. The normalized spacial score (nSPS) is 12.9. The van der Waals surface area contributed by atoms with Gasteiger partial charge in [-0.25, -0.2) is 0 Å². The Morgan fingerprint density at radius 3 is 2.82 bits per heavy atom. The maximum atomic E-state index is 5.51. The molecule has 0 spiro atoms. The fourth-order valence-corrected chi connectivity index (χ4v) is 1.75. The van der Waals surface area contributed by atoms with Crippen molar-refractivity contribution in [2.24, 2.45) is 7.05 Å². The van der Waals surface area contributed by atoms with Crippen molar-refractivity contribution >= 4 is 0 Å². The van der Waals surface area contributed by atoms with Crippen LogP contribution in [0.2, 0.25) is 0 Å². The number of hydrogen-bond acceptors (Lipinski definition) is 3. The first-order chi connectivity index (χ1) is 8.25. The van der Waals surface area contributed by atoms with Crippen molar-refractivity contribution in [3.05, 3.63) is 18.0 Å². The molecule has 1 N–H and O–H groups in total. The van der Waals surface area contributed by atoms with Crippen molar-refractivity contribution in [2.75, 3.05) is 19.8 Å². The number of nitrogens with one attached hydrogen (secondary N) is 1. The molecule has 0 fully saturated rings. The molecule has 4 nitrogen and oxygen atoms in total. The number of rotatable bonds is 9. The zero-order valence-corrected chi connectivity index (χ0v) is 11.3. The van der Waals surface area contributed by atoms with Crippen LogP contribution in [0.1, 0.15) is 44.8 Å². The second-order valence-electron chi connectivity index (χ2n) is 4.37. The Kier molecular flexibility index (Phi) is 6.89. The maximum Gasteiger partial charge on any atom is 0.0547 e. The van der Waals surface area contributed by atoms with Gasteiger partial charge in [0.2, 0.25) is 0 Å². The summed E-state index contributed by atoms with van der Waals surface area (Å²) in [6.07, 6.45) is 5.27. The summed E-state index contributed by atoms with van der Waals surface area (Å²) >= 11 is 0. The van der Waals surface area contributed by atoms with Crippen LogP contribution >= 0.6 is 0 Å². The van der Waals surface area contributed by atoms with Crippen LogP contribution in [0.25, 0.3) is 0 Å². The molecule has 0 aliphatic carbocycles. The van der Waals surface area contributed by atoms with Crippen molar-refractivity contribution in [2.45, 2.75) is 39.2 Å². The van der Waals surface area contributed by atoms with Crippen LogP contribution in [-0.4, -0.2) is 29.5 Å². The van der Waals surface area contributed by atoms with Gasteiger partial charge < -0.3 is 10.1 Å². The van der Waals surface area contributed by atoms with Gasteiger partial charge in [0.15, 0.2) is 0 Å². The summed E-state index contributed by atoms with van der Waals surface area (Å²) in [5.41, 5.74) is 1.22. The number of aryl methyl sites for hydroxylation is 1. The first-order valence-corrected chi connectivity index (χ1v) is 6.54. The summed E-state index contributed by atoms with van der Waals surface area (Å²) < 4.78 is 7.42. The van der Waals surface area contributed by atoms with Crippen molar-refractivity contribution < 1.29 is 4.74 Å². The van der Waals surface area contributed by atoms with Crippen molar-refractivity contribution in [1.82, 2.24) is 15.1 Å². The van der Waals surface area contributed by atoms with E-state index in [-0.39, 0.29) is 0 Å². The van der Waals surface area contributed by atoms with E-state index in [2.05, 4.69) is 30.3 Å². The van der Waals surface area contributed by atoms with Crippen LogP contribution in [0.4, 0.5) is 0 Å². The van der Waals surface area contributed by atoms with Gasteiger partial charge in [-0.3, -0.25) is 4.68 Å². The molecule has 1 aromatic heterocycles. The molecule has 1 heterocycles. The van der Waals surface area contributed by atoms with Crippen LogP contribution in [0, 0.1) is 0 Å². The largest absolute Gasteiger partial charge is 0.381 e. The Balaban J connectivity index is 2.05. The number of unbranched alkanes of at least 4 members (excludes halogenated alkanes) is 1. The van der Waals surface area contributed by atoms with Gasteiger partial charge in [0, 0.05) is 32.5 Å². The molecule has 0 bridgehead atoms. The molecule has 1 atom stereocenters. The zero-order valence-electron chi connectivity index (χ0n) is 11.3. The van der Waals surface area contributed by atoms with E-state index in [9.17, 15) is 0 Å². The Morgan fingerprint density at radius 1 is 1.41 bits per heavy atom. The van der Waals surface area contributed by atoms with Gasteiger partial charge in [-0.15, -0.1) is 0 Å². The highest BCUT2D eigenvalue weighted by Crippen LogP contribution is 2.09. The van der Waals surface area contributed by atoms with Crippen LogP contribution in [0.3, 0.4) is 0 Å². The lowest BCUT2D eigenvalue weighted by atomic mass is 10.2. The monoisotopic (exact) mass is 239 g/mol. The fraction of sp³-hybridized carbons (Fsp3) is 0.769. The summed E-state index contributed by atoms with van der Waals surface area (Å²) in [5, 5.41) is 7.64. The summed E-state index contributed by atoms with van der Waals surface area (Å²) in [6.45, 7) is 7.08. The second kappa shape index (κ2) is 8.25. The van der Waals surface area contributed by atoms with E-state index in [0.29, 0.717) is 6.04 Å². The molecule has 0 radical (unpaired) electrons. The topological polar surface area (TPSA) is 39.1 Å². The van der Waals surface area contributed by atoms with Crippen LogP contribution in [-0.2, 0) is 11.8 Å². The Bertz CT molecular complexity index is 299. The van der Waals surface area contributed by atoms with E-state index in [4.69, 9.17) is 4.74 Å². The van der Waals surface area contributed by atoms with Crippen molar-refractivity contribution in [3.63, 3.8) is 0 Å². The van der Waals surface area contributed by atoms with Gasteiger partial charge in [-0.1, -0.05) is 13.3 Å². The van der Waals surface area contributed by atoms with Crippen LogP contribution in [0.15, 0.2) is 12.3 Å². The molecule has 0 aliphatic rings. The van der Waals surface area contributed by atoms with Gasteiger partial charge in [-0.2, -0.15) is 5.10 Å². The van der Waals surface area contributed by atoms with Gasteiger partial charge in [0.05, 0.1) is 5.69 Å². The van der Waals surface area contributed by atoms with E-state index >= 15 is 0 Å². The van der Waals surface area contributed by atoms with Gasteiger partial charge in [0.1, 0.15) is 0 Å². The standard InChI is InChI=1S/C13H25N3O/c1-4-5-10-17-11-6-8-14-12(2)13-7-9-15-16(13)3/h7,9,12,14H,4-6,8,10-11H2,1-3H3. The quantitative estimate of drug-likeness (QED) is 0.672. The molecule has 0 aromatic carbocycles. The van der Waals surface area contributed by atoms with Gasteiger partial charge in [0.25, 0.3) is 0 Å². The van der Waals surface area contributed by atoms with Crippen LogP contribution in [0.5, 0.6) is 0 Å². The Labute approximate surface area is 104 Å². The zero-order chi connectivity index (χ0) is 12.5. The Hall–Kier alpha value is -0.870. The first-order valence-electron chi connectivity index (χ1n) is 6.54. The Morgan fingerprint density at radius 2 is 2.18 bits per heavy atom. The lowest BCUT2D eigenvalue weighted by Crippen LogP contribution is -2.23.